The van der Waals surface area contributed by atoms with Gasteiger partial charge in [-0.3, -0.25) is 0 Å². The van der Waals surface area contributed by atoms with Crippen LogP contribution in [0.15, 0.2) is 36.4 Å². The van der Waals surface area contributed by atoms with Crippen molar-refractivity contribution in [3.05, 3.63) is 64.4 Å². The Morgan fingerprint density at radius 1 is 1.12 bits per heavy atom. The number of fused-ring (bicyclic) bond motifs is 1. The SMILES string of the molecule is Oc1ccc(Cc2nnc3sc(Nc4cc(F)cc(F)c4)nn23)cc1Cl. The molecule has 0 aliphatic heterocycles. The predicted octanol–water partition coefficient (Wildman–Crippen LogP) is 4.16. The molecule has 132 valence electrons. The highest BCUT2D eigenvalue weighted by atomic mass is 35.5. The molecule has 26 heavy (non-hydrogen) atoms. The van der Waals surface area contributed by atoms with Gasteiger partial charge >= 0.3 is 0 Å². The van der Waals surface area contributed by atoms with Crippen LogP contribution in [0.2, 0.25) is 5.02 Å². The lowest BCUT2D eigenvalue weighted by molar-refractivity contribution is 0.475. The molecule has 0 radical (unpaired) electrons. The highest BCUT2D eigenvalue weighted by Crippen LogP contribution is 2.27. The topological polar surface area (TPSA) is 75.3 Å². The molecule has 0 fully saturated rings. The summed E-state index contributed by atoms with van der Waals surface area (Å²) in [6.45, 7) is 0. The summed E-state index contributed by atoms with van der Waals surface area (Å²) in [5.41, 5.74) is 1.08. The zero-order chi connectivity index (χ0) is 18.3. The Labute approximate surface area is 154 Å². The van der Waals surface area contributed by atoms with E-state index in [0.717, 1.165) is 11.6 Å². The summed E-state index contributed by atoms with van der Waals surface area (Å²) in [4.78, 5) is 0.532. The van der Waals surface area contributed by atoms with E-state index in [1.54, 1.807) is 16.6 Å². The lowest BCUT2D eigenvalue weighted by atomic mass is 10.1. The van der Waals surface area contributed by atoms with Crippen molar-refractivity contribution in [2.24, 2.45) is 0 Å². The first kappa shape index (κ1) is 16.7. The maximum atomic E-state index is 13.3. The van der Waals surface area contributed by atoms with Gasteiger partial charge in [-0.05, 0) is 29.8 Å². The zero-order valence-electron chi connectivity index (χ0n) is 12.9. The van der Waals surface area contributed by atoms with Crippen molar-refractivity contribution in [3.63, 3.8) is 0 Å². The predicted molar refractivity (Wildman–Crippen MR) is 94.2 cm³/mol. The van der Waals surface area contributed by atoms with Gasteiger partial charge in [0.15, 0.2) is 5.82 Å². The lowest BCUT2D eigenvalue weighted by Gasteiger charge is -2.03. The van der Waals surface area contributed by atoms with E-state index in [1.165, 1.54) is 29.5 Å². The molecule has 2 aromatic heterocycles. The van der Waals surface area contributed by atoms with Crippen molar-refractivity contribution in [2.75, 3.05) is 5.32 Å². The summed E-state index contributed by atoms with van der Waals surface area (Å²) in [6.07, 6.45) is 0.402. The van der Waals surface area contributed by atoms with Crippen molar-refractivity contribution in [1.82, 2.24) is 19.8 Å². The van der Waals surface area contributed by atoms with Crippen molar-refractivity contribution < 1.29 is 13.9 Å². The van der Waals surface area contributed by atoms with Crippen LogP contribution in [0.3, 0.4) is 0 Å². The van der Waals surface area contributed by atoms with E-state index in [1.807, 2.05) is 0 Å². The second-order valence-electron chi connectivity index (χ2n) is 5.46. The standard InChI is InChI=1S/C16H10ClF2N5OS/c17-12-3-8(1-2-13(12)25)4-14-21-22-16-24(14)23-15(26-16)20-11-6-9(18)5-10(19)7-11/h1-3,5-7,25H,4H2,(H,20,23). The zero-order valence-corrected chi connectivity index (χ0v) is 14.5. The first-order chi connectivity index (χ1) is 12.5. The van der Waals surface area contributed by atoms with E-state index < -0.39 is 11.6 Å². The van der Waals surface area contributed by atoms with Crippen LogP contribution in [-0.2, 0) is 6.42 Å². The van der Waals surface area contributed by atoms with Crippen LogP contribution in [0, 0.1) is 11.6 Å². The monoisotopic (exact) mass is 393 g/mol. The van der Waals surface area contributed by atoms with Crippen LogP contribution in [0.1, 0.15) is 11.4 Å². The molecule has 0 saturated carbocycles. The van der Waals surface area contributed by atoms with Crippen molar-refractivity contribution in [3.8, 4) is 5.75 Å². The molecule has 0 unspecified atom stereocenters. The summed E-state index contributed by atoms with van der Waals surface area (Å²) in [5, 5.41) is 25.5. The summed E-state index contributed by atoms with van der Waals surface area (Å²) >= 11 is 7.11. The largest absolute Gasteiger partial charge is 0.506 e. The number of anilines is 2. The fourth-order valence-corrected chi connectivity index (χ4v) is 3.39. The minimum absolute atomic E-state index is 0.00396. The number of aromatic hydroxyl groups is 1. The molecule has 2 heterocycles. The van der Waals surface area contributed by atoms with Gasteiger partial charge in [-0.1, -0.05) is 29.0 Å². The Bertz CT molecular complexity index is 1090. The van der Waals surface area contributed by atoms with Crippen molar-refractivity contribution in [2.45, 2.75) is 6.42 Å². The summed E-state index contributed by atoms with van der Waals surface area (Å²) in [7, 11) is 0. The molecular weight excluding hydrogens is 384 g/mol. The average molecular weight is 394 g/mol. The van der Waals surface area contributed by atoms with Crippen LogP contribution >= 0.6 is 22.9 Å². The molecule has 0 atom stereocenters. The number of benzene rings is 2. The number of aromatic nitrogens is 4. The summed E-state index contributed by atoms with van der Waals surface area (Å²) in [6, 6.07) is 8.01. The van der Waals surface area contributed by atoms with Crippen molar-refractivity contribution in [1.29, 1.82) is 0 Å². The van der Waals surface area contributed by atoms with Gasteiger partial charge in [-0.2, -0.15) is 4.52 Å². The van der Waals surface area contributed by atoms with Gasteiger partial charge in [0.2, 0.25) is 10.1 Å². The Morgan fingerprint density at radius 2 is 1.88 bits per heavy atom. The van der Waals surface area contributed by atoms with Crippen molar-refractivity contribution >= 4 is 38.7 Å². The van der Waals surface area contributed by atoms with E-state index in [0.29, 0.717) is 22.3 Å². The lowest BCUT2D eigenvalue weighted by Crippen LogP contribution is -1.99. The molecule has 0 spiro atoms. The molecule has 0 bridgehead atoms. The third-order valence-corrected chi connectivity index (χ3v) is 4.66. The van der Waals surface area contributed by atoms with Crippen LogP contribution in [0.4, 0.5) is 19.6 Å². The number of hydrogen-bond acceptors (Lipinski definition) is 6. The summed E-state index contributed by atoms with van der Waals surface area (Å²) in [5.74, 6) is -0.790. The third-order valence-electron chi connectivity index (χ3n) is 3.54. The minimum Gasteiger partial charge on any atom is -0.506 e. The molecule has 0 saturated heterocycles. The quantitative estimate of drug-likeness (QED) is 0.544. The number of phenols is 1. The summed E-state index contributed by atoms with van der Waals surface area (Å²) < 4.78 is 28.1. The minimum atomic E-state index is -0.680. The van der Waals surface area contributed by atoms with Gasteiger partial charge in [0, 0.05) is 18.2 Å². The van der Waals surface area contributed by atoms with E-state index >= 15 is 0 Å². The molecule has 4 aromatic rings. The average Bonchev–Trinajstić information content (AvgIpc) is 3.11. The number of halogens is 3. The Kier molecular flexibility index (Phi) is 4.17. The van der Waals surface area contributed by atoms with E-state index in [9.17, 15) is 13.9 Å². The fourth-order valence-electron chi connectivity index (χ4n) is 2.41. The number of rotatable bonds is 4. The number of phenolic OH excluding ortho intramolecular Hbond substituents is 1. The molecule has 0 aliphatic rings. The molecule has 0 amide bonds. The Hall–Kier alpha value is -2.78. The smallest absolute Gasteiger partial charge is 0.236 e. The Morgan fingerprint density at radius 3 is 2.62 bits per heavy atom. The molecule has 2 N–H and O–H groups in total. The number of nitrogens with one attached hydrogen (secondary N) is 1. The second-order valence-corrected chi connectivity index (χ2v) is 6.83. The molecule has 4 rings (SSSR count). The third kappa shape index (κ3) is 3.31. The maximum Gasteiger partial charge on any atom is 0.236 e. The van der Waals surface area contributed by atoms with Crippen LogP contribution < -0.4 is 5.32 Å². The highest BCUT2D eigenvalue weighted by molar-refractivity contribution is 7.20. The van der Waals surface area contributed by atoms with Gasteiger partial charge in [-0.15, -0.1) is 15.3 Å². The second kappa shape index (κ2) is 6.50. The van der Waals surface area contributed by atoms with E-state index in [-0.39, 0.29) is 16.5 Å². The molecule has 0 aliphatic carbocycles. The first-order valence-corrected chi connectivity index (χ1v) is 8.59. The van der Waals surface area contributed by atoms with Crippen LogP contribution in [-0.4, -0.2) is 24.9 Å². The van der Waals surface area contributed by atoms with E-state index in [2.05, 4.69) is 20.6 Å². The van der Waals surface area contributed by atoms with Gasteiger partial charge in [-0.25, -0.2) is 8.78 Å². The normalized spacial score (nSPS) is 11.2. The molecule has 6 nitrogen and oxygen atoms in total. The van der Waals surface area contributed by atoms with E-state index in [4.69, 9.17) is 11.6 Å². The maximum absolute atomic E-state index is 13.3. The van der Waals surface area contributed by atoms with Crippen LogP contribution in [0.25, 0.3) is 4.96 Å². The highest BCUT2D eigenvalue weighted by Gasteiger charge is 2.13. The number of hydrogen-bond donors (Lipinski definition) is 2. The molecule has 2 aromatic carbocycles. The first-order valence-electron chi connectivity index (χ1n) is 7.39. The number of nitrogens with zero attached hydrogens (tertiary/aromatic N) is 4. The van der Waals surface area contributed by atoms with Gasteiger partial charge in [0.1, 0.15) is 17.4 Å². The van der Waals surface area contributed by atoms with Gasteiger partial charge < -0.3 is 10.4 Å². The molecule has 10 heteroatoms. The molecular formula is C16H10ClF2N5OS. The van der Waals surface area contributed by atoms with Gasteiger partial charge in [0.25, 0.3) is 0 Å². The Balaban J connectivity index is 1.61. The fraction of sp³-hybridized carbons (Fsp3) is 0.0625. The van der Waals surface area contributed by atoms with Crippen LogP contribution in [0.5, 0.6) is 5.75 Å². The van der Waals surface area contributed by atoms with Gasteiger partial charge in [0.05, 0.1) is 5.02 Å².